The minimum Gasteiger partial charge on any atom is -0.444 e. The lowest BCUT2D eigenvalue weighted by Crippen LogP contribution is -2.53. The summed E-state index contributed by atoms with van der Waals surface area (Å²) in [7, 11) is -1.40. The Morgan fingerprint density at radius 1 is 1.19 bits per heavy atom. The van der Waals surface area contributed by atoms with Crippen molar-refractivity contribution in [2.45, 2.75) is 71.8 Å². The Morgan fingerprint density at radius 2 is 1.77 bits per heavy atom. The van der Waals surface area contributed by atoms with Gasteiger partial charge in [-0.25, -0.2) is 9.18 Å². The molecule has 0 saturated heterocycles. The van der Waals surface area contributed by atoms with Crippen LogP contribution in [0.1, 0.15) is 54.0 Å². The minimum atomic E-state index is -1.40. The molecule has 146 valence electrons. The maximum Gasteiger partial charge on any atom is 0.491 e. The second-order valence-corrected chi connectivity index (χ2v) is 8.25. The smallest absolute Gasteiger partial charge is 0.444 e. The molecule has 8 heteroatoms. The second kappa shape index (κ2) is 7.94. The van der Waals surface area contributed by atoms with Gasteiger partial charge in [0, 0.05) is 12.1 Å². The number of nitrogens with one attached hydrogen (secondary N) is 1. The molecule has 0 bridgehead atoms. The lowest BCUT2D eigenvalue weighted by atomic mass is 9.76. The first kappa shape index (κ1) is 22.4. The van der Waals surface area contributed by atoms with Crippen LogP contribution in [0.25, 0.3) is 0 Å². The Bertz CT molecular complexity index is 637. The summed E-state index contributed by atoms with van der Waals surface area (Å²) in [5.41, 5.74) is -2.44. The summed E-state index contributed by atoms with van der Waals surface area (Å²) in [5.74, 6) is -0.595. The SMILES string of the molecule is CC(C)(C)OC(=O)NCc1ccc(B(O)OC(C)(C)C(C)(C)O)cc1F. The zero-order valence-electron chi connectivity index (χ0n) is 16.5. The molecule has 0 unspecified atom stereocenters. The number of amides is 1. The molecule has 1 aromatic carbocycles. The number of hydrogen-bond acceptors (Lipinski definition) is 5. The maximum absolute atomic E-state index is 14.3. The summed E-state index contributed by atoms with van der Waals surface area (Å²) >= 11 is 0. The summed E-state index contributed by atoms with van der Waals surface area (Å²) < 4.78 is 24.8. The van der Waals surface area contributed by atoms with Crippen LogP contribution in [-0.4, -0.2) is 40.1 Å². The van der Waals surface area contributed by atoms with Gasteiger partial charge in [-0.05, 0) is 60.0 Å². The van der Waals surface area contributed by atoms with Crippen molar-refractivity contribution in [1.82, 2.24) is 5.32 Å². The largest absolute Gasteiger partial charge is 0.491 e. The van der Waals surface area contributed by atoms with Crippen molar-refractivity contribution < 1.29 is 28.7 Å². The van der Waals surface area contributed by atoms with Gasteiger partial charge in [-0.2, -0.15) is 0 Å². The normalized spacial score (nSPS) is 12.7. The number of carbonyl (C=O) groups is 1. The second-order valence-electron chi connectivity index (χ2n) is 8.25. The molecule has 0 aliphatic rings. The molecule has 0 aromatic heterocycles. The van der Waals surface area contributed by atoms with Crippen molar-refractivity contribution in [2.24, 2.45) is 0 Å². The number of benzene rings is 1. The molecule has 3 N–H and O–H groups in total. The van der Waals surface area contributed by atoms with E-state index in [1.165, 1.54) is 12.1 Å². The summed E-state index contributed by atoms with van der Waals surface area (Å²) in [4.78, 5) is 11.6. The van der Waals surface area contributed by atoms with Crippen LogP contribution in [0, 0.1) is 5.82 Å². The van der Waals surface area contributed by atoms with Gasteiger partial charge < -0.3 is 24.8 Å². The first-order valence-electron chi connectivity index (χ1n) is 8.46. The number of rotatable bonds is 6. The van der Waals surface area contributed by atoms with Crippen LogP contribution in [0.5, 0.6) is 0 Å². The fraction of sp³-hybridized carbons (Fsp3) is 0.611. The molecule has 0 spiro atoms. The molecule has 1 amide bonds. The molecule has 1 aromatic rings. The van der Waals surface area contributed by atoms with Gasteiger partial charge in [0.2, 0.25) is 0 Å². The molecule has 0 radical (unpaired) electrons. The Balaban J connectivity index is 2.76. The predicted octanol–water partition coefficient (Wildman–Crippen LogP) is 2.10. The van der Waals surface area contributed by atoms with Gasteiger partial charge in [-0.1, -0.05) is 12.1 Å². The molecule has 1 rings (SSSR count). The van der Waals surface area contributed by atoms with E-state index in [1.54, 1.807) is 48.5 Å². The Labute approximate surface area is 154 Å². The highest BCUT2D eigenvalue weighted by Gasteiger charge is 2.39. The Kier molecular flexibility index (Phi) is 6.84. The fourth-order valence-electron chi connectivity index (χ4n) is 1.83. The van der Waals surface area contributed by atoms with Crippen LogP contribution in [0.2, 0.25) is 0 Å². The molecule has 0 saturated carbocycles. The summed E-state index contributed by atoms with van der Waals surface area (Å²) in [5, 5.41) is 22.7. The lowest BCUT2D eigenvalue weighted by Gasteiger charge is -2.38. The molecule has 0 aliphatic heterocycles. The number of hydrogen-bond donors (Lipinski definition) is 3. The van der Waals surface area contributed by atoms with Crippen LogP contribution < -0.4 is 10.8 Å². The van der Waals surface area contributed by atoms with Crippen LogP contribution in [0.3, 0.4) is 0 Å². The number of ether oxygens (including phenoxy) is 1. The van der Waals surface area contributed by atoms with Crippen molar-refractivity contribution in [3.05, 3.63) is 29.6 Å². The highest BCUT2D eigenvalue weighted by Crippen LogP contribution is 2.25. The standard InChI is InChI=1S/C18H29BFNO5/c1-16(2,3)25-15(22)21-11-12-8-9-13(10-14(12)20)19(24)26-18(6,7)17(4,5)23/h8-10,23-24H,11H2,1-7H3,(H,21,22). The molecule has 0 fully saturated rings. The van der Waals surface area contributed by atoms with Gasteiger partial charge in [0.15, 0.2) is 0 Å². The Morgan fingerprint density at radius 3 is 2.23 bits per heavy atom. The molecular formula is C18H29BFNO5. The van der Waals surface area contributed by atoms with Gasteiger partial charge in [-0.3, -0.25) is 0 Å². The zero-order valence-corrected chi connectivity index (χ0v) is 16.5. The summed E-state index contributed by atoms with van der Waals surface area (Å²) in [6.45, 7) is 11.5. The molecule has 0 heterocycles. The third-order valence-corrected chi connectivity index (χ3v) is 4.06. The van der Waals surface area contributed by atoms with E-state index in [9.17, 15) is 19.3 Å². The fourth-order valence-corrected chi connectivity index (χ4v) is 1.83. The third-order valence-electron chi connectivity index (χ3n) is 4.06. The van der Waals surface area contributed by atoms with E-state index in [1.807, 2.05) is 0 Å². The van der Waals surface area contributed by atoms with Crippen LogP contribution in [-0.2, 0) is 15.9 Å². The van der Waals surface area contributed by atoms with E-state index in [0.29, 0.717) is 0 Å². The molecule has 0 atom stereocenters. The van der Waals surface area contributed by atoms with Crippen molar-refractivity contribution in [3.8, 4) is 0 Å². The van der Waals surface area contributed by atoms with E-state index in [2.05, 4.69) is 5.32 Å². The quantitative estimate of drug-likeness (QED) is 0.669. The number of aliphatic hydroxyl groups is 1. The van der Waals surface area contributed by atoms with Gasteiger partial charge in [-0.15, -0.1) is 0 Å². The highest BCUT2D eigenvalue weighted by molar-refractivity contribution is 6.60. The average molecular weight is 369 g/mol. The topological polar surface area (TPSA) is 88.0 Å². The Hall–Kier alpha value is -1.64. The van der Waals surface area contributed by atoms with Gasteiger partial charge in [0.25, 0.3) is 0 Å². The lowest BCUT2D eigenvalue weighted by molar-refractivity contribution is -0.0982. The van der Waals surface area contributed by atoms with E-state index in [-0.39, 0.29) is 17.6 Å². The average Bonchev–Trinajstić information content (AvgIpc) is 2.42. The molecule has 26 heavy (non-hydrogen) atoms. The molecule has 0 aliphatic carbocycles. The van der Waals surface area contributed by atoms with Crippen molar-refractivity contribution in [2.75, 3.05) is 0 Å². The van der Waals surface area contributed by atoms with Crippen LogP contribution >= 0.6 is 0 Å². The van der Waals surface area contributed by atoms with E-state index in [4.69, 9.17) is 9.39 Å². The van der Waals surface area contributed by atoms with Crippen molar-refractivity contribution in [1.29, 1.82) is 0 Å². The van der Waals surface area contributed by atoms with Crippen LogP contribution in [0.4, 0.5) is 9.18 Å². The predicted molar refractivity (Wildman–Crippen MR) is 98.5 cm³/mol. The molecule has 6 nitrogen and oxygen atoms in total. The number of carbonyl (C=O) groups excluding carboxylic acids is 1. The van der Waals surface area contributed by atoms with E-state index >= 15 is 0 Å². The highest BCUT2D eigenvalue weighted by atomic mass is 19.1. The number of halogens is 1. The summed E-state index contributed by atoms with van der Waals surface area (Å²) in [6, 6.07) is 4.09. The van der Waals surface area contributed by atoms with Crippen molar-refractivity contribution in [3.63, 3.8) is 0 Å². The number of alkyl carbamates (subject to hydrolysis) is 1. The van der Waals surface area contributed by atoms with Gasteiger partial charge in [0.1, 0.15) is 11.4 Å². The minimum absolute atomic E-state index is 0.0485. The van der Waals surface area contributed by atoms with Gasteiger partial charge >= 0.3 is 13.2 Å². The van der Waals surface area contributed by atoms with Crippen LogP contribution in [0.15, 0.2) is 18.2 Å². The van der Waals surface area contributed by atoms with Crippen molar-refractivity contribution >= 4 is 18.7 Å². The van der Waals surface area contributed by atoms with E-state index in [0.717, 1.165) is 6.07 Å². The van der Waals surface area contributed by atoms with E-state index < -0.39 is 35.8 Å². The molecular weight excluding hydrogens is 340 g/mol. The summed E-state index contributed by atoms with van der Waals surface area (Å²) in [6.07, 6.45) is -0.642. The third kappa shape index (κ3) is 6.59. The first-order valence-corrected chi connectivity index (χ1v) is 8.46. The first-order chi connectivity index (χ1) is 11.6. The zero-order chi connectivity index (χ0) is 20.3. The van der Waals surface area contributed by atoms with Gasteiger partial charge in [0.05, 0.1) is 11.2 Å². The maximum atomic E-state index is 14.3. The monoisotopic (exact) mass is 369 g/mol.